The average molecular weight is 204 g/mol. The monoisotopic (exact) mass is 204 g/mol. The van der Waals surface area contributed by atoms with Gasteiger partial charge in [0.25, 0.3) is 0 Å². The highest BCUT2D eigenvalue weighted by atomic mass is 19.1. The molecule has 1 atom stereocenters. The van der Waals surface area contributed by atoms with Gasteiger partial charge in [-0.15, -0.1) is 0 Å². The topological polar surface area (TPSA) is 15.7 Å². The first-order valence-corrected chi connectivity index (χ1v) is 5.30. The Kier molecular flexibility index (Phi) is 5.37. The maximum absolute atomic E-state index is 12.7. The zero-order valence-corrected chi connectivity index (χ0v) is 9.21. The van der Waals surface area contributed by atoms with Gasteiger partial charge in [0.2, 0.25) is 0 Å². The summed E-state index contributed by atoms with van der Waals surface area (Å²) in [7, 11) is 1.72. The first-order valence-electron chi connectivity index (χ1n) is 5.30. The van der Waals surface area contributed by atoms with Gasteiger partial charge < -0.3 is 4.74 Å². The van der Waals surface area contributed by atoms with Crippen molar-refractivity contribution in [1.82, 2.24) is 9.80 Å². The van der Waals surface area contributed by atoms with E-state index in [2.05, 4.69) is 9.80 Å². The fourth-order valence-electron chi connectivity index (χ4n) is 1.77. The molecule has 0 aromatic carbocycles. The van der Waals surface area contributed by atoms with Crippen molar-refractivity contribution in [3.8, 4) is 0 Å². The fraction of sp³-hybridized carbons (Fsp3) is 1.00. The predicted molar refractivity (Wildman–Crippen MR) is 55.3 cm³/mol. The van der Waals surface area contributed by atoms with E-state index in [-0.39, 0.29) is 0 Å². The maximum Gasteiger partial charge on any atom is 0.110 e. The number of alkyl halides is 1. The van der Waals surface area contributed by atoms with Gasteiger partial charge in [0.1, 0.15) is 6.17 Å². The van der Waals surface area contributed by atoms with E-state index in [1.807, 2.05) is 0 Å². The van der Waals surface area contributed by atoms with Gasteiger partial charge in [0.05, 0.1) is 6.61 Å². The quantitative estimate of drug-likeness (QED) is 0.652. The summed E-state index contributed by atoms with van der Waals surface area (Å²) in [5, 5.41) is 0. The third-order valence-electron chi connectivity index (χ3n) is 2.59. The van der Waals surface area contributed by atoms with Gasteiger partial charge >= 0.3 is 0 Å². The number of hydrogen-bond donors (Lipinski definition) is 0. The Labute approximate surface area is 85.8 Å². The Hall–Kier alpha value is -0.190. The summed E-state index contributed by atoms with van der Waals surface area (Å²) < 4.78 is 17.7. The molecule has 0 N–H and O–H groups in total. The van der Waals surface area contributed by atoms with E-state index in [1.54, 1.807) is 14.0 Å². The Balaban J connectivity index is 2.11. The lowest BCUT2D eigenvalue weighted by Gasteiger charge is -2.34. The molecule has 0 spiro atoms. The highest BCUT2D eigenvalue weighted by molar-refractivity contribution is 4.72. The predicted octanol–water partition coefficient (Wildman–Crippen LogP) is 0.608. The van der Waals surface area contributed by atoms with Crippen molar-refractivity contribution >= 4 is 0 Å². The molecule has 1 heterocycles. The van der Waals surface area contributed by atoms with Crippen LogP contribution >= 0.6 is 0 Å². The largest absolute Gasteiger partial charge is 0.383 e. The molecule has 3 nitrogen and oxygen atoms in total. The standard InChI is InChI=1S/C10H21FN2O/c1-10(11)9-13-5-3-12(4-6-13)7-8-14-2/h10H,3-9H2,1-2H3/t10-/m0/s1. The van der Waals surface area contributed by atoms with Crippen LogP contribution in [0.5, 0.6) is 0 Å². The van der Waals surface area contributed by atoms with Crippen LogP contribution in [-0.4, -0.2) is 69.0 Å². The van der Waals surface area contributed by atoms with Crippen LogP contribution in [0.4, 0.5) is 4.39 Å². The second kappa shape index (κ2) is 6.32. The third-order valence-corrected chi connectivity index (χ3v) is 2.59. The van der Waals surface area contributed by atoms with E-state index < -0.39 is 6.17 Å². The summed E-state index contributed by atoms with van der Waals surface area (Å²) in [5.74, 6) is 0. The molecule has 0 amide bonds. The lowest BCUT2D eigenvalue weighted by Crippen LogP contribution is -2.48. The number of methoxy groups -OCH3 is 1. The summed E-state index contributed by atoms with van der Waals surface area (Å²) >= 11 is 0. The molecule has 1 rings (SSSR count). The van der Waals surface area contributed by atoms with Gasteiger partial charge in [-0.3, -0.25) is 9.80 Å². The fourth-order valence-corrected chi connectivity index (χ4v) is 1.77. The molecule has 0 aromatic rings. The van der Waals surface area contributed by atoms with Crippen LogP contribution in [0, 0.1) is 0 Å². The normalized spacial score (nSPS) is 22.5. The Morgan fingerprint density at radius 3 is 2.29 bits per heavy atom. The van der Waals surface area contributed by atoms with E-state index in [4.69, 9.17) is 4.74 Å². The zero-order valence-electron chi connectivity index (χ0n) is 9.21. The maximum atomic E-state index is 12.7. The summed E-state index contributed by atoms with van der Waals surface area (Å²) in [6, 6.07) is 0. The molecule has 14 heavy (non-hydrogen) atoms. The average Bonchev–Trinajstić information content (AvgIpc) is 2.16. The molecule has 0 unspecified atom stereocenters. The zero-order chi connectivity index (χ0) is 10.4. The molecule has 1 fully saturated rings. The van der Waals surface area contributed by atoms with E-state index in [0.29, 0.717) is 6.54 Å². The van der Waals surface area contributed by atoms with Crippen LogP contribution in [0.15, 0.2) is 0 Å². The molecule has 0 aliphatic carbocycles. The molecule has 0 saturated carbocycles. The lowest BCUT2D eigenvalue weighted by atomic mass is 10.3. The number of rotatable bonds is 5. The number of hydrogen-bond acceptors (Lipinski definition) is 3. The van der Waals surface area contributed by atoms with Crippen LogP contribution < -0.4 is 0 Å². The first-order chi connectivity index (χ1) is 6.72. The summed E-state index contributed by atoms with van der Waals surface area (Å²) in [4.78, 5) is 4.55. The van der Waals surface area contributed by atoms with Crippen molar-refractivity contribution in [3.05, 3.63) is 0 Å². The van der Waals surface area contributed by atoms with Crippen molar-refractivity contribution in [3.63, 3.8) is 0 Å². The number of piperazine rings is 1. The van der Waals surface area contributed by atoms with Crippen LogP contribution in [-0.2, 0) is 4.74 Å². The molecule has 0 bridgehead atoms. The van der Waals surface area contributed by atoms with Gasteiger partial charge in [0.15, 0.2) is 0 Å². The smallest absolute Gasteiger partial charge is 0.110 e. The highest BCUT2D eigenvalue weighted by Crippen LogP contribution is 2.03. The number of nitrogens with zero attached hydrogens (tertiary/aromatic N) is 2. The molecule has 1 aliphatic heterocycles. The molecule has 4 heteroatoms. The number of halogens is 1. The van der Waals surface area contributed by atoms with Crippen molar-refractivity contribution in [1.29, 1.82) is 0 Å². The molecular formula is C10H21FN2O. The van der Waals surface area contributed by atoms with Gasteiger partial charge in [-0.25, -0.2) is 4.39 Å². The van der Waals surface area contributed by atoms with Gasteiger partial charge in [-0.1, -0.05) is 0 Å². The minimum atomic E-state index is -0.708. The van der Waals surface area contributed by atoms with Gasteiger partial charge in [0, 0.05) is 46.4 Å². The molecule has 1 saturated heterocycles. The van der Waals surface area contributed by atoms with Crippen LogP contribution in [0.2, 0.25) is 0 Å². The van der Waals surface area contributed by atoms with Gasteiger partial charge in [-0.2, -0.15) is 0 Å². The van der Waals surface area contributed by atoms with Crippen molar-refractivity contribution in [2.24, 2.45) is 0 Å². The summed E-state index contributed by atoms with van der Waals surface area (Å²) in [5.41, 5.74) is 0. The highest BCUT2D eigenvalue weighted by Gasteiger charge is 2.17. The Morgan fingerprint density at radius 1 is 1.21 bits per heavy atom. The van der Waals surface area contributed by atoms with Crippen molar-refractivity contribution in [2.75, 3.05) is 53.0 Å². The van der Waals surface area contributed by atoms with E-state index >= 15 is 0 Å². The lowest BCUT2D eigenvalue weighted by molar-refractivity contribution is 0.0855. The minimum Gasteiger partial charge on any atom is -0.383 e. The summed E-state index contributed by atoms with van der Waals surface area (Å²) in [6.07, 6.45) is -0.708. The number of ether oxygens (including phenoxy) is 1. The van der Waals surface area contributed by atoms with E-state index in [9.17, 15) is 4.39 Å². The molecule has 1 aliphatic rings. The van der Waals surface area contributed by atoms with Crippen LogP contribution in [0.1, 0.15) is 6.92 Å². The van der Waals surface area contributed by atoms with Gasteiger partial charge in [-0.05, 0) is 6.92 Å². The minimum absolute atomic E-state index is 0.581. The summed E-state index contributed by atoms with van der Waals surface area (Å²) in [6.45, 7) is 8.03. The second-order valence-corrected chi connectivity index (χ2v) is 3.92. The molecule has 0 radical (unpaired) electrons. The van der Waals surface area contributed by atoms with Crippen LogP contribution in [0.25, 0.3) is 0 Å². The molecular weight excluding hydrogens is 183 g/mol. The molecule has 0 aromatic heterocycles. The second-order valence-electron chi connectivity index (χ2n) is 3.92. The Bertz CT molecular complexity index is 147. The van der Waals surface area contributed by atoms with Crippen LogP contribution in [0.3, 0.4) is 0 Å². The first kappa shape index (κ1) is 11.9. The van der Waals surface area contributed by atoms with E-state index in [1.165, 1.54) is 0 Å². The SMILES string of the molecule is COCCN1CCN(C[C@H](C)F)CC1. The molecule has 84 valence electrons. The van der Waals surface area contributed by atoms with Crippen molar-refractivity contribution < 1.29 is 9.13 Å². The van der Waals surface area contributed by atoms with Crippen molar-refractivity contribution in [2.45, 2.75) is 13.1 Å². The third kappa shape index (κ3) is 4.35. The van der Waals surface area contributed by atoms with E-state index in [0.717, 1.165) is 39.3 Å². The Morgan fingerprint density at radius 2 is 1.79 bits per heavy atom.